The maximum Gasteiger partial charge on any atom is 0.416 e. The fourth-order valence-corrected chi connectivity index (χ4v) is 5.97. The molecule has 0 aliphatic carbocycles. The Morgan fingerprint density at radius 2 is 1.64 bits per heavy atom. The smallest absolute Gasteiger partial charge is 0.416 e. The molecule has 256 valence electrons. The zero-order chi connectivity index (χ0) is 34.7. The number of carbonyl (C=O) groups excluding carboxylic acids is 1. The Labute approximate surface area is 270 Å². The van der Waals surface area contributed by atoms with Crippen LogP contribution in [-0.4, -0.2) is 75.7 Å². The molecular weight excluding hydrogens is 654 g/mol. The summed E-state index contributed by atoms with van der Waals surface area (Å²) >= 11 is 0.918. The first-order valence-corrected chi connectivity index (χ1v) is 15.3. The van der Waals surface area contributed by atoms with Crippen LogP contribution in [0.15, 0.2) is 30.6 Å². The van der Waals surface area contributed by atoms with E-state index in [-0.39, 0.29) is 29.1 Å². The highest BCUT2D eigenvalue weighted by Crippen LogP contribution is 2.41. The Hall–Kier alpha value is -3.83. The fourth-order valence-electron chi connectivity index (χ4n) is 4.97. The van der Waals surface area contributed by atoms with Gasteiger partial charge in [0.15, 0.2) is 5.13 Å². The van der Waals surface area contributed by atoms with Crippen molar-refractivity contribution in [1.82, 2.24) is 19.9 Å². The molecule has 2 aromatic heterocycles. The lowest BCUT2D eigenvalue weighted by Crippen LogP contribution is -2.42. The number of carbonyl (C=O) groups is 2. The SMILES string of the molecule is COCCN(Cc1sc(NC(=O)c2cnc(N3CCC(C(=O)O)CC3)cn2)nc1-c1cc(C(F)(F)F)cc(C(F)(F)F)c1)C(C)(C)C. The van der Waals surface area contributed by atoms with Crippen LogP contribution in [-0.2, 0) is 28.4 Å². The lowest BCUT2D eigenvalue weighted by molar-refractivity contribution is -0.144. The maximum atomic E-state index is 13.7. The molecule has 10 nitrogen and oxygen atoms in total. The molecule has 3 aromatic rings. The minimum atomic E-state index is -5.06. The summed E-state index contributed by atoms with van der Waals surface area (Å²) in [6.07, 6.45) is -6.66. The number of amides is 1. The van der Waals surface area contributed by atoms with Gasteiger partial charge in [-0.25, -0.2) is 15.0 Å². The van der Waals surface area contributed by atoms with Gasteiger partial charge in [-0.2, -0.15) is 26.3 Å². The van der Waals surface area contributed by atoms with E-state index in [2.05, 4.69) is 20.3 Å². The molecule has 0 radical (unpaired) electrons. The van der Waals surface area contributed by atoms with Crippen molar-refractivity contribution in [2.45, 2.75) is 58.0 Å². The molecule has 1 aliphatic rings. The van der Waals surface area contributed by atoms with Crippen molar-refractivity contribution in [1.29, 1.82) is 0 Å². The van der Waals surface area contributed by atoms with Gasteiger partial charge in [-0.15, -0.1) is 0 Å². The van der Waals surface area contributed by atoms with Gasteiger partial charge < -0.3 is 14.7 Å². The fraction of sp³-hybridized carbons (Fsp3) is 0.500. The number of ether oxygens (including phenoxy) is 1. The summed E-state index contributed by atoms with van der Waals surface area (Å²) in [5.41, 5.74) is -4.10. The molecular formula is C30H34F6N6O4S. The first-order valence-electron chi connectivity index (χ1n) is 14.5. The molecule has 0 unspecified atom stereocenters. The van der Waals surface area contributed by atoms with Gasteiger partial charge in [0.2, 0.25) is 0 Å². The number of piperidine rings is 1. The first-order chi connectivity index (χ1) is 21.9. The third kappa shape index (κ3) is 9.16. The number of aromatic nitrogens is 3. The zero-order valence-electron chi connectivity index (χ0n) is 26.0. The van der Waals surface area contributed by atoms with E-state index in [0.29, 0.717) is 61.9 Å². The third-order valence-corrected chi connectivity index (χ3v) is 8.62. The van der Waals surface area contributed by atoms with Crippen LogP contribution in [0.1, 0.15) is 60.1 Å². The molecule has 0 saturated carbocycles. The van der Waals surface area contributed by atoms with Crippen molar-refractivity contribution in [3.05, 3.63) is 52.3 Å². The van der Waals surface area contributed by atoms with Crippen molar-refractivity contribution in [2.24, 2.45) is 5.92 Å². The summed E-state index contributed by atoms with van der Waals surface area (Å²) in [6, 6.07) is 1.27. The van der Waals surface area contributed by atoms with Crippen LogP contribution >= 0.6 is 11.3 Å². The Balaban J connectivity index is 1.67. The van der Waals surface area contributed by atoms with Gasteiger partial charge in [0.1, 0.15) is 11.5 Å². The first kappa shape index (κ1) is 36.0. The number of thiazole rings is 1. The predicted octanol–water partition coefficient (Wildman–Crippen LogP) is 6.44. The second-order valence-corrected chi connectivity index (χ2v) is 13.1. The summed E-state index contributed by atoms with van der Waals surface area (Å²) in [5.74, 6) is -1.59. The summed E-state index contributed by atoms with van der Waals surface area (Å²) in [4.78, 5) is 41.2. The highest BCUT2D eigenvalue weighted by molar-refractivity contribution is 7.16. The number of carboxylic acid groups (broad SMARTS) is 1. The Morgan fingerprint density at radius 1 is 1.02 bits per heavy atom. The quantitative estimate of drug-likeness (QED) is 0.232. The van der Waals surface area contributed by atoms with Gasteiger partial charge in [-0.05, 0) is 51.8 Å². The Kier molecular flexibility index (Phi) is 10.8. The van der Waals surface area contributed by atoms with E-state index in [0.717, 1.165) is 11.3 Å². The zero-order valence-corrected chi connectivity index (χ0v) is 26.8. The number of halogens is 6. The monoisotopic (exact) mass is 688 g/mol. The average molecular weight is 689 g/mol. The number of carboxylic acids is 1. The molecule has 3 heterocycles. The maximum absolute atomic E-state index is 13.7. The van der Waals surface area contributed by atoms with Gasteiger partial charge in [0.05, 0.1) is 41.7 Å². The van der Waals surface area contributed by atoms with Crippen LogP contribution in [0.25, 0.3) is 11.3 Å². The number of alkyl halides is 6. The van der Waals surface area contributed by atoms with Crippen molar-refractivity contribution in [3.8, 4) is 11.3 Å². The van der Waals surface area contributed by atoms with Crippen molar-refractivity contribution in [2.75, 3.05) is 43.6 Å². The number of benzene rings is 1. The lowest BCUT2D eigenvalue weighted by atomic mass is 9.97. The molecule has 17 heteroatoms. The molecule has 1 saturated heterocycles. The predicted molar refractivity (Wildman–Crippen MR) is 162 cm³/mol. The number of aliphatic carboxylic acids is 1. The third-order valence-electron chi connectivity index (χ3n) is 7.67. The molecule has 1 amide bonds. The van der Waals surface area contributed by atoms with Crippen molar-refractivity contribution in [3.63, 3.8) is 0 Å². The Morgan fingerprint density at radius 3 is 2.13 bits per heavy atom. The normalized spacial score (nSPS) is 14.9. The molecule has 1 aromatic carbocycles. The molecule has 0 atom stereocenters. The second kappa shape index (κ2) is 14.1. The minimum Gasteiger partial charge on any atom is -0.481 e. The average Bonchev–Trinajstić information content (AvgIpc) is 3.39. The molecule has 0 bridgehead atoms. The van der Waals surface area contributed by atoms with E-state index in [4.69, 9.17) is 4.74 Å². The number of rotatable bonds is 10. The number of methoxy groups -OCH3 is 1. The van der Waals surface area contributed by atoms with E-state index < -0.39 is 52.4 Å². The summed E-state index contributed by atoms with van der Waals surface area (Å²) in [6.45, 7) is 7.37. The van der Waals surface area contributed by atoms with E-state index >= 15 is 0 Å². The van der Waals surface area contributed by atoms with Crippen LogP contribution in [0, 0.1) is 5.92 Å². The van der Waals surface area contributed by atoms with Gasteiger partial charge in [-0.1, -0.05) is 11.3 Å². The van der Waals surface area contributed by atoms with Gasteiger partial charge in [-0.3, -0.25) is 19.8 Å². The van der Waals surface area contributed by atoms with Crippen LogP contribution in [0.3, 0.4) is 0 Å². The van der Waals surface area contributed by atoms with Crippen LogP contribution < -0.4 is 10.2 Å². The molecule has 1 fully saturated rings. The topological polar surface area (TPSA) is 121 Å². The van der Waals surface area contributed by atoms with Crippen LogP contribution in [0.2, 0.25) is 0 Å². The number of nitrogens with one attached hydrogen (secondary N) is 1. The summed E-state index contributed by atoms with van der Waals surface area (Å²) < 4.78 is 87.5. The van der Waals surface area contributed by atoms with Gasteiger partial charge >= 0.3 is 18.3 Å². The summed E-state index contributed by atoms with van der Waals surface area (Å²) in [7, 11) is 1.50. The lowest BCUT2D eigenvalue weighted by Gasteiger charge is -2.35. The number of hydrogen-bond acceptors (Lipinski definition) is 9. The highest BCUT2D eigenvalue weighted by Gasteiger charge is 2.38. The number of nitrogens with zero attached hydrogens (tertiary/aromatic N) is 5. The summed E-state index contributed by atoms with van der Waals surface area (Å²) in [5, 5.41) is 11.7. The number of hydrogen-bond donors (Lipinski definition) is 2. The van der Waals surface area contributed by atoms with Crippen molar-refractivity contribution < 1.29 is 45.8 Å². The van der Waals surface area contributed by atoms with E-state index in [1.807, 2.05) is 30.6 Å². The van der Waals surface area contributed by atoms with E-state index in [9.17, 15) is 41.0 Å². The molecule has 4 rings (SSSR count). The molecule has 0 spiro atoms. The van der Waals surface area contributed by atoms with E-state index in [1.54, 1.807) is 0 Å². The number of anilines is 2. The second-order valence-electron chi connectivity index (χ2n) is 12.0. The van der Waals surface area contributed by atoms with Gasteiger partial charge in [0, 0.05) is 49.3 Å². The Bertz CT molecular complexity index is 1530. The van der Waals surface area contributed by atoms with Crippen LogP contribution in [0.4, 0.5) is 37.3 Å². The minimum absolute atomic E-state index is 0.0506. The van der Waals surface area contributed by atoms with E-state index in [1.165, 1.54) is 19.5 Å². The van der Waals surface area contributed by atoms with Crippen LogP contribution in [0.5, 0.6) is 0 Å². The molecule has 47 heavy (non-hydrogen) atoms. The largest absolute Gasteiger partial charge is 0.481 e. The van der Waals surface area contributed by atoms with Gasteiger partial charge in [0.25, 0.3) is 5.91 Å². The molecule has 1 aliphatic heterocycles. The van der Waals surface area contributed by atoms with Crippen molar-refractivity contribution >= 4 is 34.2 Å². The highest BCUT2D eigenvalue weighted by atomic mass is 32.1. The standard InChI is InChI=1S/C30H34F6N6O4S/c1-28(2,3)42(9-10-46-4)16-22-24(18-11-19(29(31,32)33)13-20(12-18)30(34,35)36)39-27(47-22)40-25(43)21-14-38-23(15-37-21)41-7-5-17(6-8-41)26(44)45/h11-15,17H,5-10,16H2,1-4H3,(H,44,45)(H,39,40,43). The molecule has 2 N–H and O–H groups in total.